The number of hydrogen-bond donors (Lipinski definition) is 2. The Hall–Kier alpha value is -1.58. The fourth-order valence-corrected chi connectivity index (χ4v) is 1.67. The molecule has 4 nitrogen and oxygen atoms in total. The number of rotatable bonds is 2. The van der Waals surface area contributed by atoms with Crippen molar-refractivity contribution in [1.29, 1.82) is 0 Å². The van der Waals surface area contributed by atoms with Crippen LogP contribution in [-0.4, -0.2) is 18.0 Å². The smallest absolute Gasteiger partial charge is 0.321 e. The molecule has 15 heavy (non-hydrogen) atoms. The van der Waals surface area contributed by atoms with E-state index in [0.29, 0.717) is 0 Å². The Morgan fingerprint density at radius 2 is 2.00 bits per heavy atom. The first-order valence-electron chi connectivity index (χ1n) is 4.87. The van der Waals surface area contributed by atoms with Gasteiger partial charge in [-0.15, -0.1) is 0 Å². The van der Waals surface area contributed by atoms with Crippen LogP contribution in [0.1, 0.15) is 20.8 Å². The molecule has 0 aliphatic carbocycles. The molecular weight excluding hydrogens is 192 g/mol. The molecule has 0 aromatic rings. The first-order valence-corrected chi connectivity index (χ1v) is 4.87. The Kier molecular flexibility index (Phi) is 3.29. The molecule has 1 fully saturated rings. The van der Waals surface area contributed by atoms with Crippen molar-refractivity contribution < 1.29 is 9.59 Å². The van der Waals surface area contributed by atoms with Gasteiger partial charge in [0, 0.05) is 0 Å². The zero-order chi connectivity index (χ0) is 11.6. The van der Waals surface area contributed by atoms with Gasteiger partial charge < -0.3 is 5.32 Å². The molecule has 0 bridgehead atoms. The third-order valence-corrected chi connectivity index (χ3v) is 2.40. The average Bonchev–Trinajstić information content (AvgIpc) is 2.09. The number of hydrogen-bond acceptors (Lipinski definition) is 2. The van der Waals surface area contributed by atoms with Crippen LogP contribution in [-0.2, 0) is 4.79 Å². The Balaban J connectivity index is 2.88. The maximum absolute atomic E-state index is 11.4. The molecule has 0 radical (unpaired) electrons. The minimum absolute atomic E-state index is 0.233. The highest BCUT2D eigenvalue weighted by atomic mass is 16.2. The molecule has 0 aromatic heterocycles. The molecule has 1 rings (SSSR count). The molecule has 82 valence electrons. The minimum atomic E-state index is -0.433. The van der Waals surface area contributed by atoms with E-state index in [2.05, 4.69) is 17.2 Å². The van der Waals surface area contributed by atoms with Crippen LogP contribution >= 0.6 is 0 Å². The van der Waals surface area contributed by atoms with Crippen molar-refractivity contribution in [3.8, 4) is 0 Å². The summed E-state index contributed by atoms with van der Waals surface area (Å²) in [5.74, 6) is -0.489. The van der Waals surface area contributed by atoms with Gasteiger partial charge in [-0.3, -0.25) is 10.1 Å². The van der Waals surface area contributed by atoms with E-state index in [1.54, 1.807) is 6.92 Å². The number of nitrogens with one attached hydrogen (secondary N) is 2. The average molecular weight is 208 g/mol. The number of allylic oxidation sites excluding steroid dienone is 2. The van der Waals surface area contributed by atoms with Gasteiger partial charge in [0.15, 0.2) is 0 Å². The molecule has 1 heterocycles. The molecule has 2 unspecified atom stereocenters. The lowest BCUT2D eigenvalue weighted by Gasteiger charge is -2.29. The lowest BCUT2D eigenvalue weighted by atomic mass is 9.92. The van der Waals surface area contributed by atoms with Gasteiger partial charge in [0.05, 0.1) is 12.0 Å². The number of amides is 3. The van der Waals surface area contributed by atoms with Crippen LogP contribution in [0.25, 0.3) is 0 Å². The van der Waals surface area contributed by atoms with Gasteiger partial charge in [0.25, 0.3) is 0 Å². The second-order valence-corrected chi connectivity index (χ2v) is 3.96. The van der Waals surface area contributed by atoms with Gasteiger partial charge in [0.2, 0.25) is 5.91 Å². The molecule has 1 aliphatic rings. The molecule has 3 amide bonds. The molecular formula is C11H16N2O2. The van der Waals surface area contributed by atoms with Crippen molar-refractivity contribution in [2.45, 2.75) is 26.8 Å². The van der Waals surface area contributed by atoms with Crippen LogP contribution in [0.15, 0.2) is 23.8 Å². The summed E-state index contributed by atoms with van der Waals surface area (Å²) in [6, 6.07) is -0.666. The molecule has 4 heteroatoms. The van der Waals surface area contributed by atoms with E-state index in [9.17, 15) is 9.59 Å². The molecule has 0 spiro atoms. The molecule has 1 saturated heterocycles. The van der Waals surface area contributed by atoms with E-state index in [0.717, 1.165) is 11.1 Å². The third kappa shape index (κ3) is 2.68. The van der Waals surface area contributed by atoms with Crippen LogP contribution in [0.5, 0.6) is 0 Å². The zero-order valence-corrected chi connectivity index (χ0v) is 9.26. The maximum Gasteiger partial charge on any atom is 0.321 e. The number of carbonyl (C=O) groups excluding carboxylic acids is 2. The van der Waals surface area contributed by atoms with Gasteiger partial charge >= 0.3 is 6.03 Å². The summed E-state index contributed by atoms with van der Waals surface area (Å²) in [4.78, 5) is 22.5. The van der Waals surface area contributed by atoms with Crippen molar-refractivity contribution in [2.24, 2.45) is 5.92 Å². The minimum Gasteiger partial charge on any atom is -0.331 e. The van der Waals surface area contributed by atoms with Gasteiger partial charge in [-0.1, -0.05) is 30.7 Å². The molecule has 2 N–H and O–H groups in total. The maximum atomic E-state index is 11.4. The van der Waals surface area contributed by atoms with Crippen molar-refractivity contribution >= 4 is 11.9 Å². The predicted molar refractivity (Wildman–Crippen MR) is 58.2 cm³/mol. The fourth-order valence-electron chi connectivity index (χ4n) is 1.67. The van der Waals surface area contributed by atoms with E-state index >= 15 is 0 Å². The summed E-state index contributed by atoms with van der Waals surface area (Å²) in [5.41, 5.74) is 1.85. The van der Waals surface area contributed by atoms with Gasteiger partial charge in [0.1, 0.15) is 0 Å². The van der Waals surface area contributed by atoms with Crippen molar-refractivity contribution in [2.75, 3.05) is 0 Å². The van der Waals surface area contributed by atoms with Crippen molar-refractivity contribution in [1.82, 2.24) is 10.6 Å². The van der Waals surface area contributed by atoms with Gasteiger partial charge in [-0.05, 0) is 13.8 Å². The van der Waals surface area contributed by atoms with Gasteiger partial charge in [-0.2, -0.15) is 0 Å². The quantitative estimate of drug-likeness (QED) is 0.673. The summed E-state index contributed by atoms with van der Waals surface area (Å²) in [7, 11) is 0. The molecule has 0 aromatic carbocycles. The standard InChI is InChI=1S/C11H16N2O2/c1-6(2)5-7(3)9-8(4)10(14)13-11(15)12-9/h5,8-9H,1H2,2-4H3,(H2,12,13,14,15)/b7-5-. The largest absolute Gasteiger partial charge is 0.331 e. The third-order valence-electron chi connectivity index (χ3n) is 2.40. The van der Waals surface area contributed by atoms with E-state index in [1.807, 2.05) is 19.9 Å². The van der Waals surface area contributed by atoms with E-state index in [-0.39, 0.29) is 17.9 Å². The fraction of sp³-hybridized carbons (Fsp3) is 0.455. The Bertz CT molecular complexity index is 344. The lowest BCUT2D eigenvalue weighted by Crippen LogP contribution is -2.57. The van der Waals surface area contributed by atoms with Crippen molar-refractivity contribution in [3.63, 3.8) is 0 Å². The van der Waals surface area contributed by atoms with E-state index in [4.69, 9.17) is 0 Å². The molecule has 2 atom stereocenters. The number of carbonyl (C=O) groups is 2. The Morgan fingerprint density at radius 1 is 1.40 bits per heavy atom. The summed E-state index contributed by atoms with van der Waals surface area (Å²) < 4.78 is 0. The second-order valence-electron chi connectivity index (χ2n) is 3.96. The topological polar surface area (TPSA) is 58.2 Å². The monoisotopic (exact) mass is 208 g/mol. The van der Waals surface area contributed by atoms with Crippen LogP contribution in [0.2, 0.25) is 0 Å². The first-order chi connectivity index (χ1) is 6.91. The normalized spacial score (nSPS) is 27.0. The second kappa shape index (κ2) is 4.29. The highest BCUT2D eigenvalue weighted by molar-refractivity contribution is 5.98. The Morgan fingerprint density at radius 3 is 2.53 bits per heavy atom. The van der Waals surface area contributed by atoms with Crippen LogP contribution in [0, 0.1) is 5.92 Å². The zero-order valence-electron chi connectivity index (χ0n) is 9.26. The SMILES string of the molecule is C=C(C)/C=C(/C)C1NC(=O)NC(=O)C1C. The van der Waals surface area contributed by atoms with Crippen LogP contribution < -0.4 is 10.6 Å². The number of urea groups is 1. The van der Waals surface area contributed by atoms with Crippen molar-refractivity contribution in [3.05, 3.63) is 23.8 Å². The summed E-state index contributed by atoms with van der Waals surface area (Å²) in [5, 5.41) is 4.95. The summed E-state index contributed by atoms with van der Waals surface area (Å²) >= 11 is 0. The van der Waals surface area contributed by atoms with Crippen LogP contribution in [0.3, 0.4) is 0 Å². The highest BCUT2D eigenvalue weighted by Gasteiger charge is 2.32. The lowest BCUT2D eigenvalue weighted by molar-refractivity contribution is -0.124. The predicted octanol–water partition coefficient (Wildman–Crippen LogP) is 1.35. The van der Waals surface area contributed by atoms with Crippen LogP contribution in [0.4, 0.5) is 4.79 Å². The molecule has 0 saturated carbocycles. The Labute approximate surface area is 89.4 Å². The van der Waals surface area contributed by atoms with Gasteiger partial charge in [-0.25, -0.2) is 4.79 Å². The summed E-state index contributed by atoms with van der Waals surface area (Å²) in [6.07, 6.45) is 1.88. The number of imide groups is 1. The summed E-state index contributed by atoms with van der Waals surface area (Å²) in [6.45, 7) is 9.31. The first kappa shape index (κ1) is 11.5. The van der Waals surface area contributed by atoms with E-state index in [1.165, 1.54) is 0 Å². The molecule has 1 aliphatic heterocycles. The highest BCUT2D eigenvalue weighted by Crippen LogP contribution is 2.16. The van der Waals surface area contributed by atoms with E-state index < -0.39 is 6.03 Å².